The van der Waals surface area contributed by atoms with Gasteiger partial charge in [-0.1, -0.05) is 25.4 Å². The molecule has 0 aliphatic heterocycles. The minimum atomic E-state index is -0.757. The molecule has 1 aromatic carbocycles. The third kappa shape index (κ3) is 5.78. The molecular formula is C18H22ClN5O4. The third-order valence-corrected chi connectivity index (χ3v) is 4.41. The number of amides is 2. The standard InChI is InChI=1S/C18H22ClN5O4/c1-12(2)16(18(26)21-6-3-8-23-9-7-20-11-23)22-17(25)14-5-4-13(24(27)28)10-15(14)19/h4-5,7,9-12,16H,3,6,8H2,1-2H3,(H,21,26)(H,22,25). The summed E-state index contributed by atoms with van der Waals surface area (Å²) >= 11 is 5.99. The van der Waals surface area contributed by atoms with Crippen molar-refractivity contribution in [2.24, 2.45) is 5.92 Å². The topological polar surface area (TPSA) is 119 Å². The number of nitrogens with zero attached hydrogens (tertiary/aromatic N) is 3. The average molecular weight is 408 g/mol. The number of aryl methyl sites for hydroxylation is 1. The Kier molecular flexibility index (Phi) is 7.51. The van der Waals surface area contributed by atoms with Crippen LogP contribution in [0.1, 0.15) is 30.6 Å². The van der Waals surface area contributed by atoms with E-state index in [9.17, 15) is 19.7 Å². The maximum absolute atomic E-state index is 12.5. The summed E-state index contributed by atoms with van der Waals surface area (Å²) in [5.41, 5.74) is -0.136. The van der Waals surface area contributed by atoms with Gasteiger partial charge in [0.05, 0.1) is 21.8 Å². The van der Waals surface area contributed by atoms with E-state index >= 15 is 0 Å². The van der Waals surface area contributed by atoms with Crippen molar-refractivity contribution < 1.29 is 14.5 Å². The van der Waals surface area contributed by atoms with Crippen LogP contribution in [0, 0.1) is 16.0 Å². The van der Waals surface area contributed by atoms with Gasteiger partial charge in [0.1, 0.15) is 6.04 Å². The number of nitro benzene ring substituents is 1. The number of nitro groups is 1. The largest absolute Gasteiger partial charge is 0.354 e. The molecule has 0 fully saturated rings. The molecule has 1 heterocycles. The molecule has 2 aromatic rings. The molecule has 0 aliphatic rings. The van der Waals surface area contributed by atoms with E-state index in [4.69, 9.17) is 11.6 Å². The van der Waals surface area contributed by atoms with Crippen molar-refractivity contribution in [3.8, 4) is 0 Å². The van der Waals surface area contributed by atoms with Gasteiger partial charge >= 0.3 is 0 Å². The summed E-state index contributed by atoms with van der Waals surface area (Å²) in [5.74, 6) is -1.02. The molecule has 0 aliphatic carbocycles. The summed E-state index contributed by atoms with van der Waals surface area (Å²) in [7, 11) is 0. The lowest BCUT2D eigenvalue weighted by Gasteiger charge is -2.22. The summed E-state index contributed by atoms with van der Waals surface area (Å²) < 4.78 is 1.91. The van der Waals surface area contributed by atoms with E-state index in [1.807, 2.05) is 24.6 Å². The normalized spacial score (nSPS) is 11.9. The number of halogens is 1. The van der Waals surface area contributed by atoms with Crippen molar-refractivity contribution in [1.82, 2.24) is 20.2 Å². The Labute approximate surface area is 167 Å². The Morgan fingerprint density at radius 1 is 1.36 bits per heavy atom. The maximum atomic E-state index is 12.5. The van der Waals surface area contributed by atoms with E-state index in [0.29, 0.717) is 6.54 Å². The molecule has 0 spiro atoms. The van der Waals surface area contributed by atoms with Crippen LogP contribution in [0.5, 0.6) is 0 Å². The molecule has 2 N–H and O–H groups in total. The molecule has 1 aromatic heterocycles. The fraction of sp³-hybridized carbons (Fsp3) is 0.389. The van der Waals surface area contributed by atoms with Gasteiger partial charge in [-0.3, -0.25) is 19.7 Å². The van der Waals surface area contributed by atoms with Crippen LogP contribution in [-0.2, 0) is 11.3 Å². The van der Waals surface area contributed by atoms with Gasteiger partial charge in [-0.05, 0) is 18.4 Å². The molecule has 0 bridgehead atoms. The molecule has 1 atom stereocenters. The Bertz CT molecular complexity index is 839. The molecule has 2 rings (SSSR count). The molecule has 2 amide bonds. The minimum Gasteiger partial charge on any atom is -0.354 e. The molecule has 150 valence electrons. The van der Waals surface area contributed by atoms with E-state index in [1.165, 1.54) is 12.1 Å². The van der Waals surface area contributed by atoms with Crippen LogP contribution in [0.4, 0.5) is 5.69 Å². The van der Waals surface area contributed by atoms with Gasteiger partial charge in [0, 0.05) is 37.6 Å². The van der Waals surface area contributed by atoms with Gasteiger partial charge in [-0.2, -0.15) is 0 Å². The highest BCUT2D eigenvalue weighted by molar-refractivity contribution is 6.34. The van der Waals surface area contributed by atoms with E-state index in [0.717, 1.165) is 19.0 Å². The van der Waals surface area contributed by atoms with Crippen LogP contribution in [-0.4, -0.2) is 38.9 Å². The van der Waals surface area contributed by atoms with Crippen molar-refractivity contribution in [1.29, 1.82) is 0 Å². The van der Waals surface area contributed by atoms with E-state index < -0.39 is 16.9 Å². The third-order valence-electron chi connectivity index (χ3n) is 4.10. The number of carbonyl (C=O) groups is 2. The zero-order chi connectivity index (χ0) is 20.7. The lowest BCUT2D eigenvalue weighted by Crippen LogP contribution is -2.50. The van der Waals surface area contributed by atoms with Crippen LogP contribution in [0.3, 0.4) is 0 Å². The summed E-state index contributed by atoms with van der Waals surface area (Å²) in [6, 6.07) is 2.82. The molecule has 0 radical (unpaired) electrons. The maximum Gasteiger partial charge on any atom is 0.270 e. The highest BCUT2D eigenvalue weighted by Crippen LogP contribution is 2.22. The number of non-ortho nitro benzene ring substituents is 1. The van der Waals surface area contributed by atoms with Crippen molar-refractivity contribution in [2.75, 3.05) is 6.54 Å². The van der Waals surface area contributed by atoms with Gasteiger partial charge in [0.2, 0.25) is 5.91 Å². The Morgan fingerprint density at radius 2 is 2.11 bits per heavy atom. The van der Waals surface area contributed by atoms with Crippen molar-refractivity contribution in [2.45, 2.75) is 32.9 Å². The smallest absolute Gasteiger partial charge is 0.270 e. The second kappa shape index (κ2) is 9.84. The highest BCUT2D eigenvalue weighted by atomic mass is 35.5. The Balaban J connectivity index is 1.94. The fourth-order valence-electron chi connectivity index (χ4n) is 2.56. The fourth-order valence-corrected chi connectivity index (χ4v) is 2.82. The molecule has 1 unspecified atom stereocenters. The van der Waals surface area contributed by atoms with Crippen LogP contribution >= 0.6 is 11.6 Å². The first kappa shape index (κ1) is 21.4. The summed E-state index contributed by atoms with van der Waals surface area (Å²) in [6.07, 6.45) is 5.95. The van der Waals surface area contributed by atoms with Gasteiger partial charge in [0.25, 0.3) is 11.6 Å². The number of hydrogen-bond acceptors (Lipinski definition) is 5. The van der Waals surface area contributed by atoms with Gasteiger partial charge in [0.15, 0.2) is 0 Å². The molecule has 0 saturated heterocycles. The van der Waals surface area contributed by atoms with Crippen LogP contribution in [0.25, 0.3) is 0 Å². The Hall–Kier alpha value is -2.94. The molecule has 10 heteroatoms. The first-order chi connectivity index (χ1) is 13.3. The summed E-state index contributed by atoms with van der Waals surface area (Å²) in [4.78, 5) is 39.1. The van der Waals surface area contributed by atoms with Crippen LogP contribution < -0.4 is 10.6 Å². The molecule has 28 heavy (non-hydrogen) atoms. The lowest BCUT2D eigenvalue weighted by molar-refractivity contribution is -0.384. The van der Waals surface area contributed by atoms with Gasteiger partial charge in [-0.15, -0.1) is 0 Å². The predicted molar refractivity (Wildman–Crippen MR) is 104 cm³/mol. The van der Waals surface area contributed by atoms with Crippen molar-refractivity contribution in [3.05, 3.63) is 57.6 Å². The van der Waals surface area contributed by atoms with Gasteiger partial charge < -0.3 is 15.2 Å². The number of hydrogen-bond donors (Lipinski definition) is 2. The monoisotopic (exact) mass is 407 g/mol. The first-order valence-electron chi connectivity index (χ1n) is 8.78. The quantitative estimate of drug-likeness (QED) is 0.376. The lowest BCUT2D eigenvalue weighted by atomic mass is 10.0. The van der Waals surface area contributed by atoms with Crippen molar-refractivity contribution in [3.63, 3.8) is 0 Å². The Morgan fingerprint density at radius 3 is 2.68 bits per heavy atom. The SMILES string of the molecule is CC(C)C(NC(=O)c1ccc([N+](=O)[O-])cc1Cl)C(=O)NCCCn1ccnc1. The second-order valence-corrected chi connectivity index (χ2v) is 6.97. The highest BCUT2D eigenvalue weighted by Gasteiger charge is 2.25. The summed E-state index contributed by atoms with van der Waals surface area (Å²) in [6.45, 7) is 4.80. The minimum absolute atomic E-state index is 0.0463. The number of imidazole rings is 1. The molecule has 9 nitrogen and oxygen atoms in total. The second-order valence-electron chi connectivity index (χ2n) is 6.56. The van der Waals surface area contributed by atoms with Crippen LogP contribution in [0.15, 0.2) is 36.9 Å². The number of rotatable bonds is 9. The van der Waals surface area contributed by atoms with E-state index in [2.05, 4.69) is 15.6 Å². The number of carbonyl (C=O) groups excluding carboxylic acids is 2. The van der Waals surface area contributed by atoms with Gasteiger partial charge in [-0.25, -0.2) is 4.98 Å². The van der Waals surface area contributed by atoms with E-state index in [-0.39, 0.29) is 28.1 Å². The van der Waals surface area contributed by atoms with Crippen molar-refractivity contribution >= 4 is 29.1 Å². The molecule has 0 saturated carbocycles. The number of benzene rings is 1. The summed E-state index contributed by atoms with van der Waals surface area (Å²) in [5, 5.41) is 16.2. The predicted octanol–water partition coefficient (Wildman–Crippen LogP) is 2.41. The zero-order valence-electron chi connectivity index (χ0n) is 15.6. The zero-order valence-corrected chi connectivity index (χ0v) is 16.3. The molecular weight excluding hydrogens is 386 g/mol. The number of nitrogens with one attached hydrogen (secondary N) is 2. The van der Waals surface area contributed by atoms with Crippen LogP contribution in [0.2, 0.25) is 5.02 Å². The number of aromatic nitrogens is 2. The first-order valence-corrected chi connectivity index (χ1v) is 9.15. The average Bonchev–Trinajstić information content (AvgIpc) is 3.15. The van der Waals surface area contributed by atoms with E-state index in [1.54, 1.807) is 12.5 Å².